The third-order valence-electron chi connectivity index (χ3n) is 15.7. The molecule has 0 radical (unpaired) electrons. The van der Waals surface area contributed by atoms with Crippen molar-refractivity contribution in [3.8, 4) is 22.5 Å². The van der Waals surface area contributed by atoms with Crippen molar-refractivity contribution in [2.75, 3.05) is 33.9 Å². The first-order chi connectivity index (χ1) is 29.2. The third-order valence-corrected chi connectivity index (χ3v) is 16.5. The molecule has 13 heteroatoms. The molecule has 4 aromatic rings. The molecule has 1 aromatic carbocycles. The molecule has 7 atom stereocenters. The first kappa shape index (κ1) is 40.9. The summed E-state index contributed by atoms with van der Waals surface area (Å²) in [4.78, 5) is 55.0. The van der Waals surface area contributed by atoms with Gasteiger partial charge < -0.3 is 24.3 Å². The van der Waals surface area contributed by atoms with E-state index in [0.29, 0.717) is 12.3 Å². The molecule has 8 bridgehead atoms. The fourth-order valence-electron chi connectivity index (χ4n) is 11.4. The predicted octanol–water partition coefficient (Wildman–Crippen LogP) is 6.70. The summed E-state index contributed by atoms with van der Waals surface area (Å²) in [7, 11) is 3.98. The summed E-state index contributed by atoms with van der Waals surface area (Å²) in [5.74, 6) is 0.467. The number of piperidine rings is 1. The van der Waals surface area contributed by atoms with Crippen LogP contribution < -0.4 is 10.7 Å². The summed E-state index contributed by atoms with van der Waals surface area (Å²) < 4.78 is 14.7. The van der Waals surface area contributed by atoms with Crippen LogP contribution in [0.15, 0.2) is 35.8 Å². The van der Waals surface area contributed by atoms with E-state index >= 15 is 0 Å². The van der Waals surface area contributed by atoms with Gasteiger partial charge in [-0.3, -0.25) is 24.4 Å². The van der Waals surface area contributed by atoms with Crippen molar-refractivity contribution in [2.24, 2.45) is 35.0 Å². The predicted molar refractivity (Wildman–Crippen MR) is 235 cm³/mol. The van der Waals surface area contributed by atoms with E-state index in [4.69, 9.17) is 19.4 Å². The Kier molecular flexibility index (Phi) is 10.0. The highest BCUT2D eigenvalue weighted by molar-refractivity contribution is 7.10. The maximum atomic E-state index is 14.5. The summed E-state index contributed by atoms with van der Waals surface area (Å²) in [5, 5.41) is 8.72. The topological polar surface area (TPSA) is 131 Å². The number of nitrogens with one attached hydrogen (secondary N) is 2. The molecule has 3 saturated carbocycles. The van der Waals surface area contributed by atoms with Gasteiger partial charge in [0.1, 0.15) is 12.1 Å². The number of thiazole rings is 1. The van der Waals surface area contributed by atoms with Crippen LogP contribution >= 0.6 is 11.3 Å². The van der Waals surface area contributed by atoms with Crippen molar-refractivity contribution in [3.05, 3.63) is 57.7 Å². The van der Waals surface area contributed by atoms with Gasteiger partial charge in [-0.15, -0.1) is 11.3 Å². The lowest BCUT2D eigenvalue weighted by Gasteiger charge is -2.53. The smallest absolute Gasteiger partial charge is 0.325 e. The zero-order chi connectivity index (χ0) is 42.7. The van der Waals surface area contributed by atoms with Crippen molar-refractivity contribution >= 4 is 40.0 Å². The molecular formula is C48H61N7O5S. The van der Waals surface area contributed by atoms with Gasteiger partial charge in [0.25, 0.3) is 5.91 Å². The number of esters is 1. The molecule has 7 heterocycles. The molecule has 61 heavy (non-hydrogen) atoms. The molecule has 2 amide bonds. The van der Waals surface area contributed by atoms with Gasteiger partial charge >= 0.3 is 5.97 Å². The Morgan fingerprint density at radius 1 is 1.16 bits per heavy atom. The number of hydrogen-bond acceptors (Lipinski definition) is 10. The van der Waals surface area contributed by atoms with Crippen LogP contribution in [0.5, 0.6) is 0 Å². The number of ether oxygens (including phenoxy) is 2. The Bertz CT molecular complexity index is 2410. The molecule has 12 nitrogen and oxygen atoms in total. The zero-order valence-electron chi connectivity index (χ0n) is 36.9. The normalized spacial score (nSPS) is 32.4. The van der Waals surface area contributed by atoms with E-state index in [1.165, 1.54) is 28.9 Å². The third kappa shape index (κ3) is 6.93. The van der Waals surface area contributed by atoms with Gasteiger partial charge in [-0.1, -0.05) is 33.8 Å². The van der Waals surface area contributed by atoms with Crippen LogP contribution in [0.1, 0.15) is 95.2 Å². The largest absolute Gasteiger partial charge is 0.464 e. The monoisotopic (exact) mass is 847 g/mol. The first-order valence-corrected chi connectivity index (χ1v) is 23.5. The number of nitrogens with zero attached hydrogens (tertiary/aromatic N) is 5. The molecule has 11 rings (SSSR count). The molecule has 3 aromatic heterocycles. The SMILES string of the molecule is CCn1c(-c2cc(C34CCN(C)CC3C4)cnc2C(C)OC)c2c3cc(ccc31)-c1csc(n1)CC(NC(=O)C1C(C)C1C)C(=O)N1NC(C(=O)OCC(C)(C)C2)C2CC1C2. The Morgan fingerprint density at radius 2 is 1.95 bits per heavy atom. The Balaban J connectivity index is 1.10. The maximum absolute atomic E-state index is 14.5. The number of cyclic esters (lactones) is 1. The number of pyridine rings is 1. The lowest BCUT2D eigenvalue weighted by Crippen LogP contribution is -2.71. The van der Waals surface area contributed by atoms with Crippen LogP contribution in [-0.4, -0.2) is 94.2 Å². The molecule has 324 valence electrons. The number of hydrogen-bond donors (Lipinski definition) is 2. The summed E-state index contributed by atoms with van der Waals surface area (Å²) in [6.45, 7) is 15.9. The number of fused-ring (bicyclic) bond motifs is 5. The van der Waals surface area contributed by atoms with Crippen LogP contribution in [-0.2, 0) is 48.7 Å². The fraction of sp³-hybridized carbons (Fsp3) is 0.604. The van der Waals surface area contributed by atoms with Crippen molar-refractivity contribution in [2.45, 2.75) is 116 Å². The molecule has 0 spiro atoms. The van der Waals surface area contributed by atoms with Gasteiger partial charge in [0.15, 0.2) is 0 Å². The van der Waals surface area contributed by atoms with E-state index in [1.807, 2.05) is 0 Å². The average molecular weight is 848 g/mol. The second-order valence-electron chi connectivity index (χ2n) is 20.2. The summed E-state index contributed by atoms with van der Waals surface area (Å²) in [5.41, 5.74) is 11.6. The number of amides is 2. The van der Waals surface area contributed by atoms with E-state index in [2.05, 4.69) is 105 Å². The van der Waals surface area contributed by atoms with Crippen molar-refractivity contribution < 1.29 is 23.9 Å². The molecule has 6 fully saturated rings. The minimum Gasteiger partial charge on any atom is -0.464 e. The van der Waals surface area contributed by atoms with Gasteiger partial charge in [-0.05, 0) is 113 Å². The highest BCUT2D eigenvalue weighted by Gasteiger charge is 2.57. The van der Waals surface area contributed by atoms with E-state index in [1.54, 1.807) is 12.1 Å². The summed E-state index contributed by atoms with van der Waals surface area (Å²) in [6, 6.07) is 7.55. The number of hydrazine groups is 1. The molecule has 3 saturated heterocycles. The fourth-order valence-corrected chi connectivity index (χ4v) is 12.2. The van der Waals surface area contributed by atoms with Gasteiger partial charge in [0, 0.05) is 83.0 Å². The van der Waals surface area contributed by atoms with Gasteiger partial charge in [0.2, 0.25) is 5.91 Å². The minimum atomic E-state index is -0.825. The number of methoxy groups -OCH3 is 1. The van der Waals surface area contributed by atoms with E-state index in [9.17, 15) is 14.4 Å². The van der Waals surface area contributed by atoms with Gasteiger partial charge in [0.05, 0.1) is 34.8 Å². The summed E-state index contributed by atoms with van der Waals surface area (Å²) >= 11 is 1.51. The Hall–Kier alpha value is -4.17. The second-order valence-corrected chi connectivity index (χ2v) is 21.1. The number of benzene rings is 1. The van der Waals surface area contributed by atoms with Crippen LogP contribution in [0.4, 0.5) is 0 Å². The Morgan fingerprint density at radius 3 is 2.67 bits per heavy atom. The zero-order valence-corrected chi connectivity index (χ0v) is 37.7. The number of carbonyl (C=O) groups is 3. The molecular weight excluding hydrogens is 787 g/mol. The average Bonchev–Trinajstić information content (AvgIpc) is 3.98. The van der Waals surface area contributed by atoms with E-state index in [-0.39, 0.29) is 72.0 Å². The van der Waals surface area contributed by atoms with E-state index in [0.717, 1.165) is 83.0 Å². The van der Waals surface area contributed by atoms with Crippen LogP contribution in [0.2, 0.25) is 0 Å². The standard InChI is InChI=1S/C48H61N7O5S/c1-9-54-38-11-10-28-16-33(38)35(43(54)34-17-30(21-49-41(34)27(4)59-8)48-12-13-53(7)22-31(48)19-48)20-47(5,6)24-60-46(58)42-29-14-32(15-29)55(52-42)45(57)36(18-39-50-37(28)23-61-39)51-44(56)40-25(2)26(40)3/h10-11,16-17,21,23,25-27,29,31-32,36,40,42,52H,9,12-15,18-20,22,24H2,1-8H3,(H,51,56). The number of aromatic nitrogens is 3. The van der Waals surface area contributed by atoms with Crippen LogP contribution in [0.25, 0.3) is 33.4 Å². The van der Waals surface area contributed by atoms with Crippen molar-refractivity contribution in [3.63, 3.8) is 0 Å². The van der Waals surface area contributed by atoms with Crippen LogP contribution in [0.3, 0.4) is 0 Å². The highest BCUT2D eigenvalue weighted by atomic mass is 32.1. The number of likely N-dealkylation sites (tertiary alicyclic amines) is 1. The maximum Gasteiger partial charge on any atom is 0.325 e. The second kappa shape index (κ2) is 15.0. The Labute approximate surface area is 363 Å². The number of carbonyl (C=O) groups excluding carboxylic acids is 3. The number of aryl methyl sites for hydroxylation is 1. The molecule has 7 aliphatic rings. The molecule has 4 aliphatic heterocycles. The summed E-state index contributed by atoms with van der Waals surface area (Å²) in [6.07, 6.45) is 6.54. The highest BCUT2D eigenvalue weighted by Crippen LogP contribution is 2.59. The first-order valence-electron chi connectivity index (χ1n) is 22.6. The van der Waals surface area contributed by atoms with Gasteiger partial charge in [-0.25, -0.2) is 10.4 Å². The molecule has 7 unspecified atom stereocenters. The van der Waals surface area contributed by atoms with Gasteiger partial charge in [-0.2, -0.15) is 0 Å². The van der Waals surface area contributed by atoms with Crippen LogP contribution in [0, 0.1) is 35.0 Å². The minimum absolute atomic E-state index is 0.0386. The van der Waals surface area contributed by atoms with Crippen molar-refractivity contribution in [1.29, 1.82) is 0 Å². The lowest BCUT2D eigenvalue weighted by molar-refractivity contribution is -0.171. The van der Waals surface area contributed by atoms with E-state index < -0.39 is 17.5 Å². The lowest BCUT2D eigenvalue weighted by atomic mass is 9.73. The molecule has 3 aliphatic carbocycles. The van der Waals surface area contributed by atoms with Crippen molar-refractivity contribution in [1.82, 2.24) is 35.2 Å². The quantitative estimate of drug-likeness (QED) is 0.195. The molecule has 2 N–H and O–H groups in total. The number of rotatable bonds is 7.